The lowest BCUT2D eigenvalue weighted by molar-refractivity contribution is -0.230. The third kappa shape index (κ3) is 5.43. The maximum atomic E-state index is 10.2. The number of ether oxygens (including phenoxy) is 6. The highest BCUT2D eigenvalue weighted by Crippen LogP contribution is 2.57. The molecule has 7 fully saturated rings. The summed E-state index contributed by atoms with van der Waals surface area (Å²) < 4.78 is 44.2. The van der Waals surface area contributed by atoms with Crippen LogP contribution in [-0.4, -0.2) is 95.7 Å². The number of nitrogens with one attached hydrogen (secondary N) is 1. The highest BCUT2D eigenvalue weighted by Gasteiger charge is 2.61. The molecule has 0 aromatic rings. The molecule has 0 amide bonds. The van der Waals surface area contributed by atoms with Gasteiger partial charge in [-0.05, 0) is 50.8 Å². The van der Waals surface area contributed by atoms with Gasteiger partial charge in [-0.2, -0.15) is 0 Å². The van der Waals surface area contributed by atoms with E-state index in [1.54, 1.807) is 0 Å². The van der Waals surface area contributed by atoms with Crippen LogP contribution in [0.3, 0.4) is 0 Å². The lowest BCUT2D eigenvalue weighted by atomic mass is 10.1. The molecule has 2 spiro atoms. The number of hydrogen-bond acceptors (Lipinski definition) is 10. The fourth-order valence-electron chi connectivity index (χ4n) is 6.71. The molecule has 218 valence electrons. The van der Waals surface area contributed by atoms with Gasteiger partial charge in [-0.1, -0.05) is 13.8 Å². The number of aliphatic hydroxyl groups excluding tert-OH is 1. The van der Waals surface area contributed by atoms with Crippen LogP contribution in [0.4, 0.5) is 0 Å². The largest absolute Gasteiger partial charge is 0.387 e. The molecule has 10 nitrogen and oxygen atoms in total. The van der Waals surface area contributed by atoms with Crippen LogP contribution < -0.4 is 5.32 Å². The smallest absolute Gasteiger partial charge is 0.207 e. The molecule has 5 heterocycles. The SMILES string of the molecule is CC(C)N1C[C@H]2O[C@@H]3OC4(CCCC4)O[C@@H]3[C@H]2OP1Cl.CC(C)NC[C@H]1O[C@@H]2OC3(CCCC3)O[C@@H]2[C@H]1O. The Balaban J connectivity index is 0.000000140. The number of rotatable bonds is 4. The van der Waals surface area contributed by atoms with Crippen LogP contribution in [0, 0.1) is 0 Å². The molecule has 5 aliphatic heterocycles. The Labute approximate surface area is 231 Å². The van der Waals surface area contributed by atoms with E-state index in [9.17, 15) is 5.11 Å². The van der Waals surface area contributed by atoms with Crippen molar-refractivity contribution < 1.29 is 38.1 Å². The second-order valence-electron chi connectivity index (χ2n) is 12.3. The van der Waals surface area contributed by atoms with Crippen molar-refractivity contribution in [1.82, 2.24) is 9.99 Å². The van der Waals surface area contributed by atoms with E-state index in [-0.39, 0.29) is 36.8 Å². The molecule has 0 radical (unpaired) electrons. The van der Waals surface area contributed by atoms with Crippen molar-refractivity contribution in [3.8, 4) is 0 Å². The second kappa shape index (κ2) is 11.2. The van der Waals surface area contributed by atoms with E-state index in [0.29, 0.717) is 18.6 Å². The number of halogens is 1. The Hall–Kier alpha value is 0.320. The van der Waals surface area contributed by atoms with Crippen LogP contribution in [0.25, 0.3) is 0 Å². The predicted octanol–water partition coefficient (Wildman–Crippen LogP) is 3.73. The summed E-state index contributed by atoms with van der Waals surface area (Å²) in [7, 11) is -1.08. The van der Waals surface area contributed by atoms with Crippen LogP contribution in [0.2, 0.25) is 0 Å². The maximum absolute atomic E-state index is 10.2. The van der Waals surface area contributed by atoms with Gasteiger partial charge in [0, 0.05) is 50.9 Å². The minimum Gasteiger partial charge on any atom is -0.387 e. The normalized spacial score (nSPS) is 44.7. The summed E-state index contributed by atoms with van der Waals surface area (Å²) >= 11 is 6.40. The summed E-state index contributed by atoms with van der Waals surface area (Å²) in [5.41, 5.74) is 0. The summed E-state index contributed by atoms with van der Waals surface area (Å²) in [6.45, 7) is 9.82. The van der Waals surface area contributed by atoms with Gasteiger partial charge in [-0.3, -0.25) is 0 Å². The molecule has 2 N–H and O–H groups in total. The highest BCUT2D eigenvalue weighted by molar-refractivity contribution is 7.78. The standard InChI is InChI=1S/C13H21ClNO4P.C13H23NO4/c1-8(2)15-7-9-10(19-20(15)14)11-12(16-9)18-13(17-11)5-3-4-6-13;1-8(2)14-7-9-10(15)11-12(16-9)18-13(17-11)5-3-4-6-13/h8-12H,3-7H2,1-2H3;8-12,14-15H,3-7H2,1-2H3/t9-,10+,11-,12-,20?;9-,10+,11-,12-/m11/s1. The Kier molecular flexibility index (Phi) is 8.38. The zero-order chi connectivity index (χ0) is 26.7. The average Bonchev–Trinajstić information content (AvgIpc) is 3.70. The lowest BCUT2D eigenvalue weighted by Gasteiger charge is -2.40. The van der Waals surface area contributed by atoms with Crippen molar-refractivity contribution in [2.75, 3.05) is 13.1 Å². The van der Waals surface area contributed by atoms with Gasteiger partial charge in [0.25, 0.3) is 0 Å². The topological polar surface area (TPSA) is 100 Å². The van der Waals surface area contributed by atoms with Crippen LogP contribution >= 0.6 is 18.9 Å². The zero-order valence-electron chi connectivity index (χ0n) is 22.9. The van der Waals surface area contributed by atoms with E-state index in [1.165, 1.54) is 0 Å². The predicted molar refractivity (Wildman–Crippen MR) is 140 cm³/mol. The molecule has 0 aromatic carbocycles. The molecule has 7 rings (SSSR count). The summed E-state index contributed by atoms with van der Waals surface area (Å²) in [6.07, 6.45) is 6.35. The molecule has 38 heavy (non-hydrogen) atoms. The van der Waals surface area contributed by atoms with E-state index in [4.69, 9.17) is 44.2 Å². The monoisotopic (exact) mass is 578 g/mol. The Morgan fingerprint density at radius 1 is 0.868 bits per heavy atom. The first-order valence-corrected chi connectivity index (χ1v) is 16.6. The maximum Gasteiger partial charge on any atom is 0.207 e. The van der Waals surface area contributed by atoms with Gasteiger partial charge in [0.05, 0.1) is 0 Å². The molecule has 1 unspecified atom stereocenters. The Morgan fingerprint density at radius 3 is 2.00 bits per heavy atom. The van der Waals surface area contributed by atoms with Crippen molar-refractivity contribution in [3.63, 3.8) is 0 Å². The molecule has 2 saturated carbocycles. The first-order chi connectivity index (χ1) is 18.2. The fourth-order valence-corrected chi connectivity index (χ4v) is 8.92. The van der Waals surface area contributed by atoms with Crippen LogP contribution in [-0.2, 0) is 32.9 Å². The summed E-state index contributed by atoms with van der Waals surface area (Å²) in [5, 5.41) is 13.5. The van der Waals surface area contributed by atoms with Crippen LogP contribution in [0.15, 0.2) is 0 Å². The average molecular weight is 579 g/mol. The van der Waals surface area contributed by atoms with Crippen molar-refractivity contribution >= 4 is 18.9 Å². The van der Waals surface area contributed by atoms with E-state index >= 15 is 0 Å². The summed E-state index contributed by atoms with van der Waals surface area (Å²) in [4.78, 5) is 0. The molecule has 0 bridgehead atoms. The molecule has 7 aliphatic rings. The number of aliphatic hydroxyl groups is 1. The van der Waals surface area contributed by atoms with Gasteiger partial charge < -0.3 is 43.4 Å². The van der Waals surface area contributed by atoms with E-state index < -0.39 is 31.6 Å². The summed E-state index contributed by atoms with van der Waals surface area (Å²) in [5.74, 6) is -0.874. The Morgan fingerprint density at radius 2 is 1.45 bits per heavy atom. The second-order valence-corrected chi connectivity index (χ2v) is 14.3. The van der Waals surface area contributed by atoms with Crippen molar-refractivity contribution in [2.45, 2.75) is 152 Å². The van der Waals surface area contributed by atoms with Crippen molar-refractivity contribution in [3.05, 3.63) is 0 Å². The van der Waals surface area contributed by atoms with E-state index in [0.717, 1.165) is 57.9 Å². The number of fused-ring (bicyclic) bond motifs is 4. The number of nitrogens with zero attached hydrogens (tertiary/aromatic N) is 1. The minimum absolute atomic E-state index is 0.00338. The molecule has 12 heteroatoms. The van der Waals surface area contributed by atoms with E-state index in [1.807, 2.05) is 0 Å². The van der Waals surface area contributed by atoms with Crippen molar-refractivity contribution in [2.24, 2.45) is 0 Å². The fraction of sp³-hybridized carbons (Fsp3) is 1.00. The van der Waals surface area contributed by atoms with Gasteiger partial charge in [-0.25, -0.2) is 4.67 Å². The zero-order valence-corrected chi connectivity index (χ0v) is 24.6. The number of hydrogen-bond donors (Lipinski definition) is 2. The molecule has 9 atom stereocenters. The first kappa shape index (κ1) is 28.4. The molecular weight excluding hydrogens is 535 g/mol. The third-order valence-corrected chi connectivity index (χ3v) is 11.0. The lowest BCUT2D eigenvalue weighted by Crippen LogP contribution is -2.47. The Bertz CT molecular complexity index is 829. The van der Waals surface area contributed by atoms with Gasteiger partial charge in [0.1, 0.15) is 36.6 Å². The molecule has 2 aliphatic carbocycles. The quantitative estimate of drug-likeness (QED) is 0.480. The van der Waals surface area contributed by atoms with Crippen LogP contribution in [0.5, 0.6) is 0 Å². The van der Waals surface area contributed by atoms with Gasteiger partial charge >= 0.3 is 0 Å². The molecular formula is C26H44ClN2O8P. The van der Waals surface area contributed by atoms with Crippen molar-refractivity contribution in [1.29, 1.82) is 0 Å². The van der Waals surface area contributed by atoms with Gasteiger partial charge in [0.15, 0.2) is 24.2 Å². The highest BCUT2D eigenvalue weighted by atomic mass is 35.7. The first-order valence-electron chi connectivity index (χ1n) is 14.5. The third-order valence-electron chi connectivity index (χ3n) is 8.76. The van der Waals surface area contributed by atoms with Gasteiger partial charge in [0.2, 0.25) is 7.65 Å². The molecule has 0 aromatic heterocycles. The van der Waals surface area contributed by atoms with E-state index in [2.05, 4.69) is 37.7 Å². The van der Waals surface area contributed by atoms with Gasteiger partial charge in [-0.15, -0.1) is 0 Å². The summed E-state index contributed by atoms with van der Waals surface area (Å²) in [6, 6.07) is 0.732. The van der Waals surface area contributed by atoms with Crippen LogP contribution in [0.1, 0.15) is 79.1 Å². The molecule has 5 saturated heterocycles. The minimum atomic E-state index is -1.08.